The van der Waals surface area contributed by atoms with Crippen LogP contribution in [0.25, 0.3) is 5.65 Å². The van der Waals surface area contributed by atoms with E-state index in [4.69, 9.17) is 4.74 Å². The Labute approximate surface area is 191 Å². The van der Waals surface area contributed by atoms with Gasteiger partial charge in [-0.2, -0.15) is 5.10 Å². The number of fused-ring (bicyclic) bond motifs is 1. The molecular formula is C22H18BrN5O4. The summed E-state index contributed by atoms with van der Waals surface area (Å²) >= 11 is 3.34. The van der Waals surface area contributed by atoms with Gasteiger partial charge in [-0.3, -0.25) is 14.9 Å². The van der Waals surface area contributed by atoms with E-state index in [1.165, 1.54) is 22.7 Å². The number of amides is 1. The maximum Gasteiger partial charge on any atom is 0.277 e. The van der Waals surface area contributed by atoms with E-state index in [-0.39, 0.29) is 22.8 Å². The molecular weight excluding hydrogens is 478 g/mol. The molecule has 162 valence electrons. The Hall–Kier alpha value is -3.79. The van der Waals surface area contributed by atoms with Gasteiger partial charge < -0.3 is 10.1 Å². The average Bonchev–Trinajstić information content (AvgIpc) is 3.08. The van der Waals surface area contributed by atoms with Crippen LogP contribution in [0.1, 0.15) is 27.2 Å². The highest BCUT2D eigenvalue weighted by atomic mass is 79.9. The highest BCUT2D eigenvalue weighted by Gasteiger charge is 2.20. The quantitative estimate of drug-likeness (QED) is 0.294. The van der Waals surface area contributed by atoms with Crippen LogP contribution in [0.2, 0.25) is 0 Å². The second kappa shape index (κ2) is 8.39. The molecule has 0 radical (unpaired) electrons. The largest absolute Gasteiger partial charge is 0.457 e. The Morgan fingerprint density at radius 3 is 2.69 bits per heavy atom. The number of nitrogens with one attached hydrogen (secondary N) is 1. The summed E-state index contributed by atoms with van der Waals surface area (Å²) in [6, 6.07) is 9.69. The molecule has 4 rings (SSSR count). The minimum atomic E-state index is -0.545. The number of anilines is 1. The molecule has 1 amide bonds. The number of halogens is 1. The molecule has 0 aliphatic rings. The number of hydrogen-bond donors (Lipinski definition) is 1. The lowest BCUT2D eigenvalue weighted by Gasteiger charge is -2.13. The van der Waals surface area contributed by atoms with E-state index in [1.54, 1.807) is 18.5 Å². The van der Waals surface area contributed by atoms with Crippen molar-refractivity contribution in [2.75, 3.05) is 5.32 Å². The topological polar surface area (TPSA) is 112 Å². The van der Waals surface area contributed by atoms with Crippen molar-refractivity contribution in [3.05, 3.63) is 85.8 Å². The predicted molar refractivity (Wildman–Crippen MR) is 122 cm³/mol. The standard InChI is InChI=1S/C22H18BrN5O4/c1-12-7-13(2)14(3)18(8-12)32-17-10-15(9-16(11-17)28(30)31)25-22(29)20-19(23)21-24-5-4-6-27(21)26-20/h4-11H,1-3H3,(H,25,29). The molecule has 0 bridgehead atoms. The van der Waals surface area contributed by atoms with E-state index in [0.29, 0.717) is 15.9 Å². The van der Waals surface area contributed by atoms with Gasteiger partial charge in [0.2, 0.25) is 0 Å². The maximum absolute atomic E-state index is 12.8. The van der Waals surface area contributed by atoms with Gasteiger partial charge in [-0.25, -0.2) is 9.50 Å². The summed E-state index contributed by atoms with van der Waals surface area (Å²) in [6.07, 6.45) is 3.25. The zero-order chi connectivity index (χ0) is 23.0. The first kappa shape index (κ1) is 21.4. The Morgan fingerprint density at radius 1 is 1.19 bits per heavy atom. The smallest absolute Gasteiger partial charge is 0.277 e. The fraction of sp³-hybridized carbons (Fsp3) is 0.136. The van der Waals surface area contributed by atoms with Crippen molar-refractivity contribution in [1.82, 2.24) is 14.6 Å². The van der Waals surface area contributed by atoms with Gasteiger partial charge in [0, 0.05) is 24.5 Å². The number of carbonyl (C=O) groups excluding carboxylic acids is 1. The Bertz CT molecular complexity index is 1380. The summed E-state index contributed by atoms with van der Waals surface area (Å²) in [5.74, 6) is 0.282. The molecule has 2 aromatic carbocycles. The number of nitro benzene ring substituents is 1. The van der Waals surface area contributed by atoms with Crippen LogP contribution in [0, 0.1) is 30.9 Å². The monoisotopic (exact) mass is 495 g/mol. The fourth-order valence-electron chi connectivity index (χ4n) is 3.25. The minimum Gasteiger partial charge on any atom is -0.457 e. The van der Waals surface area contributed by atoms with Crippen LogP contribution >= 0.6 is 15.9 Å². The SMILES string of the molecule is Cc1cc(C)c(C)c(Oc2cc(NC(=O)c3nn4cccnc4c3Br)cc([N+](=O)[O-])c2)c1. The third-order valence-electron chi connectivity index (χ3n) is 4.91. The van der Waals surface area contributed by atoms with Crippen molar-refractivity contribution < 1.29 is 14.5 Å². The van der Waals surface area contributed by atoms with Gasteiger partial charge in [0.15, 0.2) is 11.3 Å². The summed E-state index contributed by atoms with van der Waals surface area (Å²) < 4.78 is 7.85. The highest BCUT2D eigenvalue weighted by Crippen LogP contribution is 2.33. The number of hydrogen-bond acceptors (Lipinski definition) is 6. The van der Waals surface area contributed by atoms with Gasteiger partial charge in [0.05, 0.1) is 21.1 Å². The third kappa shape index (κ3) is 4.17. The van der Waals surface area contributed by atoms with Crippen molar-refractivity contribution in [3.63, 3.8) is 0 Å². The molecule has 32 heavy (non-hydrogen) atoms. The van der Waals surface area contributed by atoms with E-state index in [2.05, 4.69) is 31.3 Å². The lowest BCUT2D eigenvalue weighted by molar-refractivity contribution is -0.384. The van der Waals surface area contributed by atoms with Gasteiger partial charge in [0.1, 0.15) is 11.5 Å². The summed E-state index contributed by atoms with van der Waals surface area (Å²) in [4.78, 5) is 27.9. The molecule has 1 N–H and O–H groups in total. The number of aryl methyl sites for hydroxylation is 2. The fourth-order valence-corrected chi connectivity index (χ4v) is 3.79. The van der Waals surface area contributed by atoms with Gasteiger partial charge in [-0.1, -0.05) is 6.07 Å². The van der Waals surface area contributed by atoms with Crippen LogP contribution in [-0.4, -0.2) is 25.4 Å². The van der Waals surface area contributed by atoms with E-state index >= 15 is 0 Å². The van der Waals surface area contributed by atoms with Crippen LogP contribution in [0.4, 0.5) is 11.4 Å². The zero-order valence-corrected chi connectivity index (χ0v) is 19.0. The Balaban J connectivity index is 1.68. The first-order chi connectivity index (χ1) is 15.2. The lowest BCUT2D eigenvalue weighted by Crippen LogP contribution is -2.13. The summed E-state index contributed by atoms with van der Waals surface area (Å²) in [7, 11) is 0. The van der Waals surface area contributed by atoms with Gasteiger partial charge in [-0.05, 0) is 65.5 Å². The van der Waals surface area contributed by atoms with Gasteiger partial charge in [0.25, 0.3) is 11.6 Å². The van der Waals surface area contributed by atoms with Crippen LogP contribution in [-0.2, 0) is 0 Å². The number of rotatable bonds is 5. The van der Waals surface area contributed by atoms with Crippen molar-refractivity contribution in [3.8, 4) is 11.5 Å². The molecule has 0 spiro atoms. The zero-order valence-electron chi connectivity index (χ0n) is 17.4. The third-order valence-corrected chi connectivity index (χ3v) is 5.64. The summed E-state index contributed by atoms with van der Waals surface area (Å²) in [6.45, 7) is 5.83. The molecule has 0 aliphatic carbocycles. The molecule has 0 aliphatic heterocycles. The molecule has 0 unspecified atom stereocenters. The number of nitrogens with zero attached hydrogens (tertiary/aromatic N) is 4. The van der Waals surface area contributed by atoms with E-state index in [0.717, 1.165) is 16.7 Å². The van der Waals surface area contributed by atoms with Crippen LogP contribution < -0.4 is 10.1 Å². The molecule has 0 atom stereocenters. The number of ether oxygens (including phenoxy) is 1. The second-order valence-electron chi connectivity index (χ2n) is 7.28. The first-order valence-corrected chi connectivity index (χ1v) is 10.4. The van der Waals surface area contributed by atoms with Gasteiger partial charge in [-0.15, -0.1) is 0 Å². The lowest BCUT2D eigenvalue weighted by atomic mass is 10.1. The number of benzene rings is 2. The van der Waals surface area contributed by atoms with Crippen molar-refractivity contribution in [1.29, 1.82) is 0 Å². The van der Waals surface area contributed by atoms with E-state index in [1.807, 2.05) is 32.9 Å². The normalized spacial score (nSPS) is 10.9. The predicted octanol–water partition coefficient (Wildman–Crippen LogP) is 5.37. The Morgan fingerprint density at radius 2 is 1.97 bits per heavy atom. The number of carbonyl (C=O) groups is 1. The maximum atomic E-state index is 12.8. The van der Waals surface area contributed by atoms with Crippen LogP contribution in [0.5, 0.6) is 11.5 Å². The summed E-state index contributed by atoms with van der Waals surface area (Å²) in [5.41, 5.74) is 3.55. The molecule has 4 aromatic rings. The van der Waals surface area contributed by atoms with Crippen molar-refractivity contribution in [2.45, 2.75) is 20.8 Å². The number of non-ortho nitro benzene ring substituents is 1. The number of nitro groups is 1. The van der Waals surface area contributed by atoms with Crippen LogP contribution in [0.15, 0.2) is 53.3 Å². The number of aromatic nitrogens is 3. The van der Waals surface area contributed by atoms with Crippen molar-refractivity contribution >= 4 is 38.9 Å². The molecule has 9 nitrogen and oxygen atoms in total. The molecule has 2 heterocycles. The van der Waals surface area contributed by atoms with Crippen LogP contribution in [0.3, 0.4) is 0 Å². The summed E-state index contributed by atoms with van der Waals surface area (Å²) in [5, 5.41) is 18.3. The minimum absolute atomic E-state index is 0.0998. The second-order valence-corrected chi connectivity index (χ2v) is 8.08. The molecule has 0 saturated carbocycles. The average molecular weight is 496 g/mol. The molecule has 2 aromatic heterocycles. The molecule has 0 saturated heterocycles. The molecule has 10 heteroatoms. The highest BCUT2D eigenvalue weighted by molar-refractivity contribution is 9.10. The molecule has 0 fully saturated rings. The van der Waals surface area contributed by atoms with E-state index in [9.17, 15) is 14.9 Å². The first-order valence-electron chi connectivity index (χ1n) is 9.58. The van der Waals surface area contributed by atoms with E-state index < -0.39 is 10.8 Å². The van der Waals surface area contributed by atoms with Crippen molar-refractivity contribution in [2.24, 2.45) is 0 Å². The Kier molecular flexibility index (Phi) is 5.62. The van der Waals surface area contributed by atoms with Gasteiger partial charge >= 0.3 is 0 Å².